The van der Waals surface area contributed by atoms with Crippen LogP contribution in [0.5, 0.6) is 11.5 Å². The van der Waals surface area contributed by atoms with Crippen LogP contribution in [0.3, 0.4) is 0 Å². The zero-order chi connectivity index (χ0) is 31.4. The lowest BCUT2D eigenvalue weighted by Gasteiger charge is -2.35. The number of ether oxygens (including phenoxy) is 2. The number of hydrogen-bond donors (Lipinski definition) is 2. The number of aryl methyl sites for hydroxylation is 1. The van der Waals surface area contributed by atoms with Crippen LogP contribution in [-0.4, -0.2) is 63.0 Å². The monoisotopic (exact) mass is 596 g/mol. The van der Waals surface area contributed by atoms with Crippen LogP contribution in [0.15, 0.2) is 66.7 Å². The van der Waals surface area contributed by atoms with Crippen molar-refractivity contribution in [2.75, 3.05) is 26.2 Å². The van der Waals surface area contributed by atoms with Crippen LogP contribution >= 0.6 is 0 Å². The van der Waals surface area contributed by atoms with Gasteiger partial charge in [-0.3, -0.25) is 10.00 Å². The van der Waals surface area contributed by atoms with E-state index < -0.39 is 5.60 Å². The second-order valence-corrected chi connectivity index (χ2v) is 12.8. The Hall–Kier alpha value is -4.30. The molecule has 8 nitrogen and oxygen atoms in total. The standard InChI is InChI=1S/C36H44N4O4/c1-24(2)29-20-30(31(41)21-32(29)43-23-27-10-8-7-9-11-27)34-33(25(3)37-38-34)28-14-12-26(13-15-28)22-39-16-18-40(19-17-39)35(42)44-36(4,5)6/h7-15,20-21,24,41H,16-19,22-23H2,1-6H3,(H,37,38). The molecule has 1 aliphatic rings. The Morgan fingerprint density at radius 3 is 2.30 bits per heavy atom. The normalized spacial score (nSPS) is 14.2. The minimum atomic E-state index is -0.487. The molecule has 0 aliphatic carbocycles. The Morgan fingerprint density at radius 1 is 0.977 bits per heavy atom. The predicted octanol–water partition coefficient (Wildman–Crippen LogP) is 7.51. The van der Waals surface area contributed by atoms with Crippen LogP contribution in [0.4, 0.5) is 4.79 Å². The molecule has 5 rings (SSSR count). The molecule has 0 spiro atoms. The van der Waals surface area contributed by atoms with Crippen LogP contribution in [0.2, 0.25) is 0 Å². The summed E-state index contributed by atoms with van der Waals surface area (Å²) >= 11 is 0. The summed E-state index contributed by atoms with van der Waals surface area (Å²) in [6, 6.07) is 22.3. The zero-order valence-corrected chi connectivity index (χ0v) is 26.7. The first-order valence-electron chi connectivity index (χ1n) is 15.4. The molecule has 1 saturated heterocycles. The van der Waals surface area contributed by atoms with Crippen molar-refractivity contribution in [2.24, 2.45) is 0 Å². The number of nitrogens with zero attached hydrogens (tertiary/aromatic N) is 3. The quantitative estimate of drug-likeness (QED) is 0.219. The molecule has 1 aromatic heterocycles. The van der Waals surface area contributed by atoms with Gasteiger partial charge in [-0.2, -0.15) is 5.10 Å². The van der Waals surface area contributed by atoms with Crippen LogP contribution < -0.4 is 4.74 Å². The number of rotatable bonds is 8. The number of phenolic OH excluding ortho intramolecular Hbond substituents is 1. The number of hydrogen-bond acceptors (Lipinski definition) is 6. The average molecular weight is 597 g/mol. The molecule has 0 atom stereocenters. The molecule has 0 bridgehead atoms. The smallest absolute Gasteiger partial charge is 0.410 e. The lowest BCUT2D eigenvalue weighted by molar-refractivity contribution is 0.0139. The highest BCUT2D eigenvalue weighted by Crippen LogP contribution is 2.42. The molecular weight excluding hydrogens is 552 g/mol. The van der Waals surface area contributed by atoms with Crippen molar-refractivity contribution in [1.82, 2.24) is 20.0 Å². The summed E-state index contributed by atoms with van der Waals surface area (Å²) in [6.07, 6.45) is -0.242. The molecule has 1 fully saturated rings. The molecule has 3 aromatic carbocycles. The SMILES string of the molecule is Cc1[nH]nc(-c2cc(C(C)C)c(OCc3ccccc3)cc2O)c1-c1ccc(CN2CCN(C(=O)OC(C)(C)C)CC2)cc1. The zero-order valence-electron chi connectivity index (χ0n) is 26.7. The third kappa shape index (κ3) is 7.42. The lowest BCUT2D eigenvalue weighted by atomic mass is 9.93. The minimum absolute atomic E-state index is 0.132. The van der Waals surface area contributed by atoms with E-state index in [1.807, 2.05) is 64.1 Å². The fourth-order valence-electron chi connectivity index (χ4n) is 5.51. The van der Waals surface area contributed by atoms with Gasteiger partial charge in [0.2, 0.25) is 0 Å². The molecule has 44 heavy (non-hydrogen) atoms. The van der Waals surface area contributed by atoms with Gasteiger partial charge in [-0.25, -0.2) is 4.79 Å². The minimum Gasteiger partial charge on any atom is -0.507 e. The van der Waals surface area contributed by atoms with Gasteiger partial charge in [0, 0.05) is 55.6 Å². The third-order valence-corrected chi connectivity index (χ3v) is 7.86. The van der Waals surface area contributed by atoms with Crippen molar-refractivity contribution in [1.29, 1.82) is 0 Å². The van der Waals surface area contributed by atoms with Crippen molar-refractivity contribution in [3.05, 3.63) is 89.1 Å². The van der Waals surface area contributed by atoms with Crippen molar-refractivity contribution < 1.29 is 19.4 Å². The highest BCUT2D eigenvalue weighted by molar-refractivity contribution is 5.85. The molecule has 2 N–H and O–H groups in total. The molecule has 1 aliphatic heterocycles. The van der Waals surface area contributed by atoms with E-state index in [-0.39, 0.29) is 17.8 Å². The van der Waals surface area contributed by atoms with E-state index in [2.05, 4.69) is 53.2 Å². The number of carbonyl (C=O) groups is 1. The number of amides is 1. The van der Waals surface area contributed by atoms with Crippen molar-refractivity contribution in [3.8, 4) is 33.9 Å². The maximum Gasteiger partial charge on any atom is 0.410 e. The van der Waals surface area contributed by atoms with Gasteiger partial charge in [-0.15, -0.1) is 0 Å². The van der Waals surface area contributed by atoms with Gasteiger partial charge in [0.25, 0.3) is 0 Å². The topological polar surface area (TPSA) is 90.9 Å². The Labute approximate surface area is 260 Å². The number of piperazine rings is 1. The Morgan fingerprint density at radius 2 is 1.66 bits per heavy atom. The summed E-state index contributed by atoms with van der Waals surface area (Å²) in [7, 11) is 0. The molecule has 4 aromatic rings. The van der Waals surface area contributed by atoms with E-state index in [4.69, 9.17) is 9.47 Å². The summed E-state index contributed by atoms with van der Waals surface area (Å²) in [4.78, 5) is 16.6. The number of benzene rings is 3. The predicted molar refractivity (Wildman–Crippen MR) is 174 cm³/mol. The Kier molecular flexibility index (Phi) is 9.30. The van der Waals surface area contributed by atoms with Gasteiger partial charge in [-0.05, 0) is 61.9 Å². The summed E-state index contributed by atoms with van der Waals surface area (Å²) in [5.74, 6) is 0.997. The van der Waals surface area contributed by atoms with Crippen LogP contribution in [0.1, 0.15) is 62.9 Å². The third-order valence-electron chi connectivity index (χ3n) is 7.86. The summed E-state index contributed by atoms with van der Waals surface area (Å²) in [6.45, 7) is 16.1. The molecule has 1 amide bonds. The van der Waals surface area contributed by atoms with E-state index in [0.29, 0.717) is 36.7 Å². The van der Waals surface area contributed by atoms with E-state index in [1.54, 1.807) is 11.0 Å². The highest BCUT2D eigenvalue weighted by Gasteiger charge is 2.26. The fraction of sp³-hybridized carbons (Fsp3) is 0.389. The van der Waals surface area contributed by atoms with Crippen LogP contribution in [-0.2, 0) is 17.9 Å². The number of phenols is 1. The molecule has 232 valence electrons. The first kappa shape index (κ1) is 31.1. The number of nitrogens with one attached hydrogen (secondary N) is 1. The molecule has 0 saturated carbocycles. The number of aromatic amines is 1. The van der Waals surface area contributed by atoms with Crippen molar-refractivity contribution in [3.63, 3.8) is 0 Å². The molecule has 8 heteroatoms. The van der Waals surface area contributed by atoms with Crippen molar-refractivity contribution in [2.45, 2.75) is 66.2 Å². The summed E-state index contributed by atoms with van der Waals surface area (Å²) < 4.78 is 11.7. The van der Waals surface area contributed by atoms with E-state index >= 15 is 0 Å². The maximum atomic E-state index is 12.4. The summed E-state index contributed by atoms with van der Waals surface area (Å²) in [5, 5.41) is 19.0. The first-order valence-corrected chi connectivity index (χ1v) is 15.4. The van der Waals surface area contributed by atoms with Gasteiger partial charge in [0.15, 0.2) is 0 Å². The Balaban J connectivity index is 1.30. The lowest BCUT2D eigenvalue weighted by Crippen LogP contribution is -2.49. The maximum absolute atomic E-state index is 12.4. The fourth-order valence-corrected chi connectivity index (χ4v) is 5.51. The van der Waals surface area contributed by atoms with Gasteiger partial charge < -0.3 is 19.5 Å². The van der Waals surface area contributed by atoms with Gasteiger partial charge in [-0.1, -0.05) is 68.4 Å². The molecule has 2 heterocycles. The second-order valence-electron chi connectivity index (χ2n) is 12.8. The number of carbonyl (C=O) groups excluding carboxylic acids is 1. The van der Waals surface area contributed by atoms with E-state index in [1.165, 1.54) is 5.56 Å². The van der Waals surface area contributed by atoms with E-state index in [9.17, 15) is 9.90 Å². The highest BCUT2D eigenvalue weighted by atomic mass is 16.6. The Bertz CT molecular complexity index is 1560. The second kappa shape index (κ2) is 13.1. The average Bonchev–Trinajstić information content (AvgIpc) is 3.37. The number of aromatic nitrogens is 2. The molecular formula is C36H44N4O4. The van der Waals surface area contributed by atoms with Gasteiger partial charge in [0.05, 0.1) is 0 Å². The van der Waals surface area contributed by atoms with Crippen molar-refractivity contribution >= 4 is 6.09 Å². The van der Waals surface area contributed by atoms with Gasteiger partial charge in [0.1, 0.15) is 29.4 Å². The van der Waals surface area contributed by atoms with Gasteiger partial charge >= 0.3 is 6.09 Å². The van der Waals surface area contributed by atoms with Crippen LogP contribution in [0, 0.1) is 6.92 Å². The first-order chi connectivity index (χ1) is 21.0. The number of aromatic hydroxyl groups is 1. The largest absolute Gasteiger partial charge is 0.507 e. The van der Waals surface area contributed by atoms with E-state index in [0.717, 1.165) is 47.6 Å². The number of H-pyrrole nitrogens is 1. The van der Waals surface area contributed by atoms with Crippen LogP contribution in [0.25, 0.3) is 22.4 Å². The molecule has 0 radical (unpaired) electrons. The summed E-state index contributed by atoms with van der Waals surface area (Å²) in [5.41, 5.74) is 7.11. The molecule has 0 unspecified atom stereocenters.